The summed E-state index contributed by atoms with van der Waals surface area (Å²) in [5, 5.41) is 2.49. The summed E-state index contributed by atoms with van der Waals surface area (Å²) in [6.45, 7) is 2.18. The average Bonchev–Trinajstić information content (AvgIpc) is 3.60. The highest BCUT2D eigenvalue weighted by Crippen LogP contribution is 2.32. The van der Waals surface area contributed by atoms with Gasteiger partial charge in [-0.25, -0.2) is 0 Å². The third-order valence-corrected chi connectivity index (χ3v) is 7.38. The number of nitrogens with zero attached hydrogens (tertiary/aromatic N) is 4. The molecule has 0 aliphatic rings. The molecule has 7 rings (SSSR count). The van der Waals surface area contributed by atoms with E-state index in [1.807, 2.05) is 24.5 Å². The van der Waals surface area contributed by atoms with Crippen LogP contribution in [0.3, 0.4) is 0 Å². The third kappa shape index (κ3) is 5.14. The van der Waals surface area contributed by atoms with Crippen molar-refractivity contribution in [2.75, 3.05) is 0 Å². The molecule has 0 fully saturated rings. The standard InChI is InChI=1S/C21H18N2.C13H9BrN2/c1-2-16-9-11-17(12-10-16)20-15-23(18-6-5-13-22-14-18)21-8-4-3-7-19(20)21;14-11-3-4-13-10(8-11)5-7-16(13)12-2-1-6-15-9-12/h3-15H,2H2,1H3;1-9H. The molecular weight excluding hydrogens is 544 g/mol. The molecule has 0 saturated heterocycles. The Bertz CT molecular complexity index is 1840. The molecule has 0 spiro atoms. The van der Waals surface area contributed by atoms with Crippen LogP contribution in [0.2, 0.25) is 0 Å². The number of hydrogen-bond acceptors (Lipinski definition) is 2. The Morgan fingerprint density at radius 2 is 1.41 bits per heavy atom. The molecule has 0 aliphatic carbocycles. The van der Waals surface area contributed by atoms with Crippen molar-refractivity contribution in [1.82, 2.24) is 19.1 Å². The lowest BCUT2D eigenvalue weighted by molar-refractivity contribution is 1.10. The van der Waals surface area contributed by atoms with E-state index in [-0.39, 0.29) is 0 Å². The van der Waals surface area contributed by atoms with E-state index in [0.717, 1.165) is 22.3 Å². The van der Waals surface area contributed by atoms with Gasteiger partial charge in [0.15, 0.2) is 0 Å². The molecule has 4 heterocycles. The molecule has 0 radical (unpaired) electrons. The number of hydrogen-bond donors (Lipinski definition) is 0. The van der Waals surface area contributed by atoms with Gasteiger partial charge in [0.25, 0.3) is 0 Å². The maximum absolute atomic E-state index is 4.25. The Hall–Kier alpha value is -4.48. The van der Waals surface area contributed by atoms with E-state index >= 15 is 0 Å². The van der Waals surface area contributed by atoms with E-state index in [0.29, 0.717) is 0 Å². The van der Waals surface area contributed by atoms with Crippen molar-refractivity contribution in [3.8, 4) is 22.5 Å². The highest BCUT2D eigenvalue weighted by Gasteiger charge is 2.11. The molecule has 7 aromatic rings. The van der Waals surface area contributed by atoms with Gasteiger partial charge in [-0.2, -0.15) is 0 Å². The van der Waals surface area contributed by atoms with Gasteiger partial charge in [-0.05, 0) is 72.1 Å². The zero-order chi connectivity index (χ0) is 26.6. The Kier molecular flexibility index (Phi) is 7.07. The van der Waals surface area contributed by atoms with Crippen LogP contribution in [0.5, 0.6) is 0 Å². The summed E-state index contributed by atoms with van der Waals surface area (Å²) in [4.78, 5) is 8.39. The van der Waals surface area contributed by atoms with Crippen LogP contribution in [0.4, 0.5) is 0 Å². The van der Waals surface area contributed by atoms with Gasteiger partial charge in [-0.1, -0.05) is 65.3 Å². The molecule has 190 valence electrons. The maximum Gasteiger partial charge on any atom is 0.0639 e. The van der Waals surface area contributed by atoms with Crippen LogP contribution in [-0.4, -0.2) is 19.1 Å². The van der Waals surface area contributed by atoms with Crippen LogP contribution in [0.15, 0.2) is 139 Å². The van der Waals surface area contributed by atoms with Gasteiger partial charge in [0, 0.05) is 45.6 Å². The van der Waals surface area contributed by atoms with Crippen molar-refractivity contribution in [1.29, 1.82) is 0 Å². The van der Waals surface area contributed by atoms with Crippen molar-refractivity contribution < 1.29 is 0 Å². The lowest BCUT2D eigenvalue weighted by Gasteiger charge is -2.04. The summed E-state index contributed by atoms with van der Waals surface area (Å²) in [5.41, 5.74) is 8.43. The molecule has 0 N–H and O–H groups in total. The molecule has 5 heteroatoms. The Morgan fingerprint density at radius 3 is 2.10 bits per heavy atom. The van der Waals surface area contributed by atoms with Crippen LogP contribution >= 0.6 is 15.9 Å². The SMILES string of the molecule is Brc1ccc2c(ccn2-c2cccnc2)c1.CCc1ccc(-c2cn(-c3cccnc3)c3ccccc23)cc1. The molecule has 3 aromatic carbocycles. The number of aryl methyl sites for hydroxylation is 1. The molecule has 0 amide bonds. The van der Waals surface area contributed by atoms with E-state index in [4.69, 9.17) is 0 Å². The van der Waals surface area contributed by atoms with E-state index in [2.05, 4.69) is 139 Å². The monoisotopic (exact) mass is 570 g/mol. The predicted molar refractivity (Wildman–Crippen MR) is 165 cm³/mol. The topological polar surface area (TPSA) is 35.6 Å². The summed E-state index contributed by atoms with van der Waals surface area (Å²) in [6, 6.07) is 33.8. The molecule has 0 aliphatic heterocycles. The number of aromatic nitrogens is 4. The first-order valence-electron chi connectivity index (χ1n) is 13.0. The first-order valence-corrected chi connectivity index (χ1v) is 13.8. The number of pyridine rings is 2. The molecule has 4 nitrogen and oxygen atoms in total. The number of para-hydroxylation sites is 1. The lowest BCUT2D eigenvalue weighted by Crippen LogP contribution is -1.91. The normalized spacial score (nSPS) is 10.9. The lowest BCUT2D eigenvalue weighted by atomic mass is 10.0. The largest absolute Gasteiger partial charge is 0.315 e. The Labute approximate surface area is 236 Å². The highest BCUT2D eigenvalue weighted by molar-refractivity contribution is 9.10. The van der Waals surface area contributed by atoms with Crippen LogP contribution < -0.4 is 0 Å². The molecule has 0 unspecified atom stereocenters. The maximum atomic E-state index is 4.25. The minimum Gasteiger partial charge on any atom is -0.315 e. The van der Waals surface area contributed by atoms with Gasteiger partial charge >= 0.3 is 0 Å². The minimum absolute atomic E-state index is 1.07. The fraction of sp³-hybridized carbons (Fsp3) is 0.0588. The van der Waals surface area contributed by atoms with E-state index in [1.165, 1.54) is 38.5 Å². The summed E-state index contributed by atoms with van der Waals surface area (Å²) in [6.07, 6.45) is 12.7. The third-order valence-electron chi connectivity index (χ3n) is 6.89. The number of fused-ring (bicyclic) bond motifs is 2. The van der Waals surface area contributed by atoms with Crippen LogP contribution in [0, 0.1) is 0 Å². The van der Waals surface area contributed by atoms with Gasteiger partial charge in [-0.15, -0.1) is 0 Å². The van der Waals surface area contributed by atoms with Crippen LogP contribution in [0.25, 0.3) is 44.3 Å². The first-order chi connectivity index (χ1) is 19.2. The van der Waals surface area contributed by atoms with Crippen molar-refractivity contribution in [2.45, 2.75) is 13.3 Å². The van der Waals surface area contributed by atoms with Gasteiger partial charge < -0.3 is 9.13 Å². The Morgan fingerprint density at radius 1 is 0.692 bits per heavy atom. The van der Waals surface area contributed by atoms with Gasteiger partial charge in [-0.3, -0.25) is 9.97 Å². The molecule has 39 heavy (non-hydrogen) atoms. The van der Waals surface area contributed by atoms with E-state index < -0.39 is 0 Å². The van der Waals surface area contributed by atoms with E-state index in [1.54, 1.807) is 12.4 Å². The summed E-state index contributed by atoms with van der Waals surface area (Å²) in [7, 11) is 0. The number of benzene rings is 3. The average molecular weight is 572 g/mol. The quantitative estimate of drug-likeness (QED) is 0.211. The highest BCUT2D eigenvalue weighted by atomic mass is 79.9. The second-order valence-electron chi connectivity index (χ2n) is 9.29. The minimum atomic E-state index is 1.07. The van der Waals surface area contributed by atoms with Gasteiger partial charge in [0.2, 0.25) is 0 Å². The second kappa shape index (κ2) is 11.1. The van der Waals surface area contributed by atoms with E-state index in [9.17, 15) is 0 Å². The second-order valence-corrected chi connectivity index (χ2v) is 10.2. The molecule has 0 atom stereocenters. The zero-order valence-corrected chi connectivity index (χ0v) is 23.2. The summed E-state index contributed by atoms with van der Waals surface area (Å²) in [5.74, 6) is 0. The Balaban J connectivity index is 0.000000151. The number of halogens is 1. The van der Waals surface area contributed by atoms with Gasteiger partial charge in [0.05, 0.1) is 34.8 Å². The van der Waals surface area contributed by atoms with Crippen molar-refractivity contribution in [3.63, 3.8) is 0 Å². The predicted octanol–water partition coefficient (Wildman–Crippen LogP) is 9.04. The number of rotatable bonds is 4. The van der Waals surface area contributed by atoms with Crippen LogP contribution in [-0.2, 0) is 6.42 Å². The summed E-state index contributed by atoms with van der Waals surface area (Å²) >= 11 is 3.48. The molecule has 0 saturated carbocycles. The van der Waals surface area contributed by atoms with Crippen LogP contribution in [0.1, 0.15) is 12.5 Å². The molecule has 4 aromatic heterocycles. The van der Waals surface area contributed by atoms with Gasteiger partial charge in [0.1, 0.15) is 0 Å². The zero-order valence-electron chi connectivity index (χ0n) is 21.6. The molecule has 0 bridgehead atoms. The van der Waals surface area contributed by atoms with Crippen molar-refractivity contribution >= 4 is 37.7 Å². The fourth-order valence-corrected chi connectivity index (χ4v) is 5.25. The van der Waals surface area contributed by atoms with Crippen molar-refractivity contribution in [3.05, 3.63) is 144 Å². The summed E-state index contributed by atoms with van der Waals surface area (Å²) < 4.78 is 5.45. The first kappa shape index (κ1) is 24.8. The molecular formula is C34H27BrN4. The van der Waals surface area contributed by atoms with Crippen molar-refractivity contribution in [2.24, 2.45) is 0 Å². The fourth-order valence-electron chi connectivity index (χ4n) is 4.87. The smallest absolute Gasteiger partial charge is 0.0639 e.